The van der Waals surface area contributed by atoms with Crippen molar-refractivity contribution in [2.24, 2.45) is 0 Å². The molecule has 77 heavy (non-hydrogen) atoms. The van der Waals surface area contributed by atoms with Crippen molar-refractivity contribution in [3.05, 3.63) is 83.3 Å². The maximum Gasteiger partial charge on any atom is 2.00 e. The normalized spacial score (nSPS) is 15.7. The van der Waals surface area contributed by atoms with E-state index in [1.54, 1.807) is 0 Å². The molecule has 440 valence electrons. The fraction of sp³-hybridized carbons (Fsp3) is 0.500. The first-order chi connectivity index (χ1) is 33.0. The van der Waals surface area contributed by atoms with Crippen LogP contribution >= 0.6 is 15.9 Å². The summed E-state index contributed by atoms with van der Waals surface area (Å²) in [6, 6.07) is -3.51. The molecule has 0 aliphatic heterocycles. The Hall–Kier alpha value is -3.62. The van der Waals surface area contributed by atoms with Crippen LogP contribution in [0.1, 0.15) is 11.1 Å². The van der Waals surface area contributed by atoms with Gasteiger partial charge in [-0.1, -0.05) is 24.3 Å². The van der Waals surface area contributed by atoms with Gasteiger partial charge in [0.25, 0.3) is 0 Å². The van der Waals surface area contributed by atoms with Crippen LogP contribution < -0.4 is 29.0 Å². The van der Waals surface area contributed by atoms with Crippen LogP contribution in [0.5, 0.6) is 11.5 Å². The minimum absolute atomic E-state index is 0. The monoisotopic (exact) mass is 1300 g/mol. The maximum atomic E-state index is 13.7. The van der Waals surface area contributed by atoms with Crippen LogP contribution in [0.15, 0.2) is 72.2 Å². The summed E-state index contributed by atoms with van der Waals surface area (Å²) in [5.41, 5.74) is -0.697. The number of benzene rings is 2. The number of rotatable bonds is 20. The molecule has 2 aromatic rings. The summed E-state index contributed by atoms with van der Waals surface area (Å²) in [4.78, 5) is 60.0. The fourth-order valence-electron chi connectivity index (χ4n) is 4.54. The molecule has 0 amide bonds. The molecule has 0 radical (unpaired) electrons. The van der Waals surface area contributed by atoms with Crippen molar-refractivity contribution in [3.8, 4) is 11.5 Å². The van der Waals surface area contributed by atoms with E-state index in [0.717, 1.165) is 0 Å². The zero-order chi connectivity index (χ0) is 61.1. The first-order valence-electron chi connectivity index (χ1n) is 17.4. The molecule has 45 heteroatoms. The molecule has 8 nitrogen and oxygen atoms in total. The molecule has 0 saturated carbocycles. The van der Waals surface area contributed by atoms with E-state index >= 15 is 0 Å². The molecule has 0 aliphatic carbocycles. The van der Waals surface area contributed by atoms with Gasteiger partial charge in [-0.25, -0.2) is 9.79 Å². The first-order valence-corrected chi connectivity index (χ1v) is 20.9. The zero-order valence-corrected chi connectivity index (χ0v) is 39.6. The average molecular weight is 1300 g/mol. The third kappa shape index (κ3) is 13.6. The second-order valence-corrected chi connectivity index (χ2v) is 17.3. The smallest absolute Gasteiger partial charge is 0.687 e. The van der Waals surface area contributed by atoms with Crippen LogP contribution in [0.25, 0.3) is 0 Å². The van der Waals surface area contributed by atoms with Crippen LogP contribution in [-0.4, -0.2) is 93.2 Å². The summed E-state index contributed by atoms with van der Waals surface area (Å²) < 4.78 is 454. The van der Waals surface area contributed by atoms with E-state index in [1.807, 2.05) is 0 Å². The van der Waals surface area contributed by atoms with Gasteiger partial charge in [-0.15, -0.1) is 0 Å². The molecule has 0 atom stereocenters. The summed E-state index contributed by atoms with van der Waals surface area (Å²) in [6.45, 7) is 0. The third-order valence-electron chi connectivity index (χ3n) is 8.58. The van der Waals surface area contributed by atoms with Crippen LogP contribution in [0.3, 0.4) is 0 Å². The molecule has 0 aromatic heterocycles. The maximum absolute atomic E-state index is 13.7. The van der Waals surface area contributed by atoms with Crippen molar-refractivity contribution in [2.45, 2.75) is 95.7 Å². The van der Waals surface area contributed by atoms with Gasteiger partial charge in [0.1, 0.15) is 17.7 Å². The van der Waals surface area contributed by atoms with Gasteiger partial charge >= 0.3 is 115 Å². The van der Waals surface area contributed by atoms with E-state index in [1.165, 1.54) is 0 Å². The topological polar surface area (TPSA) is 151 Å². The average Bonchev–Trinajstić information content (AvgIpc) is 3.22. The summed E-state index contributed by atoms with van der Waals surface area (Å²) in [5, 5.41) is 0. The van der Waals surface area contributed by atoms with Gasteiger partial charge in [0.15, 0.2) is 0 Å². The van der Waals surface area contributed by atoms with Crippen LogP contribution in [0.4, 0.5) is 149 Å². The van der Waals surface area contributed by atoms with E-state index in [0.29, 0.717) is 48.5 Å². The number of allylic oxidation sites excluding steroid dienone is 2. The first kappa shape index (κ1) is 73.4. The van der Waals surface area contributed by atoms with Crippen LogP contribution in [0, 0.1) is 0 Å². The Kier molecular flexibility index (Phi) is 21.3. The Morgan fingerprint density at radius 1 is 0.351 bits per heavy atom. The van der Waals surface area contributed by atoms with Crippen LogP contribution in [-0.2, 0) is 31.8 Å². The number of hydrogen-bond acceptors (Lipinski definition) is 8. The van der Waals surface area contributed by atoms with Gasteiger partial charge in [-0.3, -0.25) is 0 Å². The Balaban J connectivity index is 0.00000148. The molecule has 0 spiro atoms. The van der Waals surface area contributed by atoms with Gasteiger partial charge < -0.3 is 29.0 Å². The summed E-state index contributed by atoms with van der Waals surface area (Å²) in [6.07, 6.45) is -17.9. The molecule has 0 aliphatic rings. The molecule has 0 heterocycles. The molecule has 0 unspecified atom stereocenters. The van der Waals surface area contributed by atoms with E-state index in [-0.39, 0.29) is 25.0 Å². The quantitative estimate of drug-likeness (QED) is 0.0576. The van der Waals surface area contributed by atoms with Gasteiger partial charge in [-0.05, 0) is 35.4 Å². The molecule has 2 N–H and O–H groups in total. The van der Waals surface area contributed by atoms with E-state index in [9.17, 15) is 169 Å². The van der Waals surface area contributed by atoms with Gasteiger partial charge in [0, 0.05) is 0 Å². The predicted octanol–water partition coefficient (Wildman–Crippen LogP) is 11.0. The van der Waals surface area contributed by atoms with Gasteiger partial charge in [0.2, 0.25) is 19.6 Å². The molecule has 0 fully saturated rings. The number of ether oxygens (including phenoxy) is 2. The Bertz CT molecular complexity index is 2230. The van der Waals surface area contributed by atoms with E-state index < -0.39 is 152 Å². The largest absolute Gasteiger partial charge is 2.00 e. The molecule has 0 bridgehead atoms. The minimum Gasteiger partial charge on any atom is -0.687 e. The SMILES string of the molecule is [O-][P+](O)(O)Cc1ccc(O/C(F)=C(\F)C(F)(F)C(F)(F)C(F)(F)C(F)(F)C(F)(F)C(F)(F)C(F)(F)F)cc1.[O-][P+]([O-])([O-])Cc1ccc(O/C(F)=C(\F)C(F)(F)C(F)(F)C(F)(F)C(F)(F)C(F)(F)C(F)(F)C(F)(F)F)cc1.[Zn+2]. The molecule has 2 rings (SSSR count). The third-order valence-corrected chi connectivity index (χ3v) is 10.1. The summed E-state index contributed by atoms with van der Waals surface area (Å²) in [5.74, 6) is -112. The Morgan fingerprint density at radius 3 is 0.766 bits per heavy atom. The van der Waals surface area contributed by atoms with Crippen molar-refractivity contribution in [1.82, 2.24) is 0 Å². The Labute approximate surface area is 414 Å². The number of hydrogen-bond donors (Lipinski definition) is 2. The van der Waals surface area contributed by atoms with Crippen molar-refractivity contribution >= 4 is 15.9 Å². The van der Waals surface area contributed by atoms with E-state index in [4.69, 9.17) is 9.79 Å². The number of halogens is 34. The molecular formula is C32H14F34O8P2Zn. The van der Waals surface area contributed by atoms with Gasteiger partial charge in [0.05, 0.1) is 6.16 Å². The molecular weight excluding hydrogens is 1290 g/mol. The number of alkyl halides is 30. The standard InChI is InChI=1S/2C16H8F17O4P.Zn/c2*17-8(9(18)37-7-3-1-6(2-4-7)5-38(34,35)36)10(19,20)11(21,22)12(23,24)13(25,26)14(27,28)15(29,30)16(31,32)33;/h2*1-4H,5H2,(H2,34,35,36);/q;;+2/p-2/b2*9-8-;. The van der Waals surface area contributed by atoms with Crippen molar-refractivity contribution in [3.63, 3.8) is 0 Å². The fourth-order valence-corrected chi connectivity index (χ4v) is 5.88. The predicted molar refractivity (Wildman–Crippen MR) is 170 cm³/mol. The molecule has 0 saturated heterocycles. The van der Waals surface area contributed by atoms with Crippen molar-refractivity contribution in [1.29, 1.82) is 0 Å². The summed E-state index contributed by atoms with van der Waals surface area (Å²) in [7, 11) is -9.92. The van der Waals surface area contributed by atoms with Crippen molar-refractivity contribution in [2.75, 3.05) is 0 Å². The minimum atomic E-state index is -8.69. The second kappa shape index (κ2) is 22.4. The summed E-state index contributed by atoms with van der Waals surface area (Å²) >= 11 is 0. The van der Waals surface area contributed by atoms with E-state index in [2.05, 4.69) is 9.47 Å². The Morgan fingerprint density at radius 2 is 0.558 bits per heavy atom. The molecule has 2 aromatic carbocycles. The van der Waals surface area contributed by atoms with Crippen LogP contribution in [0.2, 0.25) is 0 Å². The van der Waals surface area contributed by atoms with Gasteiger partial charge in [-0.2, -0.15) is 157 Å². The van der Waals surface area contributed by atoms with Crippen molar-refractivity contribution < 1.29 is 208 Å². The zero-order valence-electron chi connectivity index (χ0n) is 34.8. The second-order valence-electron chi connectivity index (χ2n) is 14.1.